The van der Waals surface area contributed by atoms with Crippen LogP contribution in [0.3, 0.4) is 0 Å². The van der Waals surface area contributed by atoms with Gasteiger partial charge in [-0.2, -0.15) is 0 Å². The second kappa shape index (κ2) is 9.38. The van der Waals surface area contributed by atoms with E-state index in [0.29, 0.717) is 29.6 Å². The zero-order valence-electron chi connectivity index (χ0n) is 26.7. The van der Waals surface area contributed by atoms with Gasteiger partial charge in [0.25, 0.3) is 0 Å². The zero-order chi connectivity index (χ0) is 29.6. The number of methoxy groups -OCH3 is 1. The fourth-order valence-electron chi connectivity index (χ4n) is 11.6. The minimum absolute atomic E-state index is 0.0383. The summed E-state index contributed by atoms with van der Waals surface area (Å²) in [5.74, 6) is 2.05. The highest BCUT2D eigenvalue weighted by Gasteiger charge is 2.70. The fourth-order valence-corrected chi connectivity index (χ4v) is 11.6. The SMILES string of the molecule is COC(=O)[C@@]1(C)C(=O)/C(=C/c2ccncc2)C[C@]2(C)[C@H]3CC=C4[C@@H]5[C@@H](C)[C@H](C)CC[C@]5(C)CC[C@@]4(C)[C@]3(C)CC[C@@H]12. The summed E-state index contributed by atoms with van der Waals surface area (Å²) in [4.78, 5) is 32.0. The molecule has 4 heteroatoms. The number of rotatable bonds is 2. The van der Waals surface area contributed by atoms with Gasteiger partial charge >= 0.3 is 5.97 Å². The summed E-state index contributed by atoms with van der Waals surface area (Å²) >= 11 is 0. The molecule has 1 aromatic heterocycles. The summed E-state index contributed by atoms with van der Waals surface area (Å²) in [6.45, 7) is 17.1. The number of hydrogen-bond donors (Lipinski definition) is 0. The van der Waals surface area contributed by atoms with Crippen LogP contribution in [0.5, 0.6) is 0 Å². The molecule has 0 unspecified atom stereocenters. The molecule has 1 aromatic rings. The maximum atomic E-state index is 14.2. The largest absolute Gasteiger partial charge is 0.468 e. The number of ketones is 1. The Hall–Kier alpha value is -2.23. The Bertz CT molecular complexity index is 1310. The lowest BCUT2D eigenvalue weighted by atomic mass is 9.33. The third-order valence-electron chi connectivity index (χ3n) is 14.3. The molecule has 0 aliphatic heterocycles. The number of carbonyl (C=O) groups excluding carboxylic acids is 2. The summed E-state index contributed by atoms with van der Waals surface area (Å²) < 4.78 is 5.41. The third kappa shape index (κ3) is 3.73. The second-order valence-electron chi connectivity index (χ2n) is 16.0. The Balaban J connectivity index is 1.48. The molecule has 4 nitrogen and oxygen atoms in total. The highest BCUT2D eigenvalue weighted by Crippen LogP contribution is 2.75. The van der Waals surface area contributed by atoms with Crippen molar-refractivity contribution in [2.75, 3.05) is 7.11 Å². The van der Waals surface area contributed by atoms with E-state index < -0.39 is 5.41 Å². The predicted molar refractivity (Wildman–Crippen MR) is 164 cm³/mol. The molecule has 1 heterocycles. The summed E-state index contributed by atoms with van der Waals surface area (Å²) in [7, 11) is 1.44. The molecule has 0 amide bonds. The Morgan fingerprint density at radius 1 is 0.976 bits per heavy atom. The Morgan fingerprint density at radius 3 is 2.37 bits per heavy atom. The van der Waals surface area contributed by atoms with E-state index in [1.54, 1.807) is 18.0 Å². The van der Waals surface area contributed by atoms with Gasteiger partial charge in [0.1, 0.15) is 5.41 Å². The average Bonchev–Trinajstić information content (AvgIpc) is 2.94. The monoisotopic (exact) mass is 557 g/mol. The first-order chi connectivity index (χ1) is 19.3. The van der Waals surface area contributed by atoms with Crippen molar-refractivity contribution in [1.82, 2.24) is 4.98 Å². The van der Waals surface area contributed by atoms with Crippen LogP contribution in [0, 0.1) is 56.7 Å². The number of hydrogen-bond acceptors (Lipinski definition) is 4. The fraction of sp³-hybridized carbons (Fsp3) is 0.703. The molecular formula is C37H51NO3. The maximum Gasteiger partial charge on any atom is 0.319 e. The predicted octanol–water partition coefficient (Wildman–Crippen LogP) is 8.47. The van der Waals surface area contributed by atoms with Crippen molar-refractivity contribution in [2.24, 2.45) is 56.7 Å². The number of pyridine rings is 1. The molecule has 0 radical (unpaired) electrons. The molecule has 0 spiro atoms. The average molecular weight is 558 g/mol. The number of nitrogens with zero attached hydrogens (tertiary/aromatic N) is 1. The van der Waals surface area contributed by atoms with E-state index in [1.807, 2.05) is 25.1 Å². The topological polar surface area (TPSA) is 56.3 Å². The molecule has 4 saturated carbocycles. The lowest BCUT2D eigenvalue weighted by molar-refractivity contribution is -0.192. The van der Waals surface area contributed by atoms with Crippen LogP contribution in [0.2, 0.25) is 0 Å². The normalized spacial score (nSPS) is 48.3. The Labute approximate surface area is 247 Å². The highest BCUT2D eigenvalue weighted by atomic mass is 16.5. The maximum absolute atomic E-state index is 14.2. The molecule has 0 saturated heterocycles. The number of ether oxygens (including phenoxy) is 1. The second-order valence-corrected chi connectivity index (χ2v) is 16.0. The summed E-state index contributed by atoms with van der Waals surface area (Å²) in [6, 6.07) is 3.88. The molecule has 0 N–H and O–H groups in total. The number of Topliss-reactive ketones (excluding diaryl/α,β-unsaturated/α-hetero) is 1. The molecule has 0 aromatic carbocycles. The first kappa shape index (κ1) is 28.9. The van der Waals surface area contributed by atoms with Crippen molar-refractivity contribution in [3.8, 4) is 0 Å². The van der Waals surface area contributed by atoms with Crippen molar-refractivity contribution in [3.63, 3.8) is 0 Å². The zero-order valence-corrected chi connectivity index (χ0v) is 26.7. The molecule has 5 aliphatic carbocycles. The van der Waals surface area contributed by atoms with Gasteiger partial charge in [-0.3, -0.25) is 14.6 Å². The number of allylic oxidation sites excluding steroid dienone is 3. The highest BCUT2D eigenvalue weighted by molar-refractivity contribution is 6.15. The van der Waals surface area contributed by atoms with E-state index in [1.165, 1.54) is 32.8 Å². The van der Waals surface area contributed by atoms with Crippen molar-refractivity contribution in [3.05, 3.63) is 47.3 Å². The first-order valence-corrected chi connectivity index (χ1v) is 16.2. The van der Waals surface area contributed by atoms with Gasteiger partial charge in [0.15, 0.2) is 5.78 Å². The lowest BCUT2D eigenvalue weighted by Gasteiger charge is -2.71. The summed E-state index contributed by atoms with van der Waals surface area (Å²) in [5.41, 5.74) is 2.76. The van der Waals surface area contributed by atoms with E-state index in [2.05, 4.69) is 52.6 Å². The van der Waals surface area contributed by atoms with Gasteiger partial charge in [0.05, 0.1) is 7.11 Å². The number of fused-ring (bicyclic) bond motifs is 7. The van der Waals surface area contributed by atoms with Crippen molar-refractivity contribution >= 4 is 17.8 Å². The van der Waals surface area contributed by atoms with E-state index >= 15 is 0 Å². The van der Waals surface area contributed by atoms with Crippen molar-refractivity contribution in [1.29, 1.82) is 0 Å². The molecule has 4 fully saturated rings. The van der Waals surface area contributed by atoms with E-state index in [0.717, 1.165) is 36.3 Å². The summed E-state index contributed by atoms with van der Waals surface area (Å²) in [5, 5.41) is 0. The third-order valence-corrected chi connectivity index (χ3v) is 14.3. The van der Waals surface area contributed by atoms with Gasteiger partial charge in [0.2, 0.25) is 0 Å². The molecule has 10 atom stereocenters. The van der Waals surface area contributed by atoms with Crippen molar-refractivity contribution < 1.29 is 14.3 Å². The van der Waals surface area contributed by atoms with Crippen LogP contribution in [-0.4, -0.2) is 23.8 Å². The number of carbonyl (C=O) groups is 2. The van der Waals surface area contributed by atoms with E-state index in [-0.39, 0.29) is 33.9 Å². The molecule has 222 valence electrons. The van der Waals surface area contributed by atoms with Crippen LogP contribution in [-0.2, 0) is 14.3 Å². The van der Waals surface area contributed by atoms with Crippen LogP contribution < -0.4 is 0 Å². The smallest absolute Gasteiger partial charge is 0.319 e. The first-order valence-electron chi connectivity index (χ1n) is 16.2. The van der Waals surface area contributed by atoms with Gasteiger partial charge < -0.3 is 4.74 Å². The van der Waals surface area contributed by atoms with Crippen LogP contribution in [0.1, 0.15) is 105 Å². The Morgan fingerprint density at radius 2 is 1.68 bits per heavy atom. The minimum Gasteiger partial charge on any atom is -0.468 e. The van der Waals surface area contributed by atoms with E-state index in [4.69, 9.17) is 4.74 Å². The van der Waals surface area contributed by atoms with Crippen LogP contribution >= 0.6 is 0 Å². The minimum atomic E-state index is -1.18. The number of aromatic nitrogens is 1. The van der Waals surface area contributed by atoms with Crippen LogP contribution in [0.25, 0.3) is 6.08 Å². The van der Waals surface area contributed by atoms with Gasteiger partial charge in [-0.15, -0.1) is 0 Å². The van der Waals surface area contributed by atoms with Gasteiger partial charge in [-0.25, -0.2) is 0 Å². The summed E-state index contributed by atoms with van der Waals surface area (Å²) in [6.07, 6.45) is 17.2. The van der Waals surface area contributed by atoms with Crippen LogP contribution in [0.15, 0.2) is 41.7 Å². The standard InChI is InChI=1S/C37H51NO3/c1-23-11-15-33(3)17-18-35(5)27(30(33)24(23)2)9-10-28-34(4)22-26(21-25-13-19-38-20-14-25)31(39)37(7,32(40)41-8)29(34)12-16-36(28,35)6/h9,13-14,19-21,23-24,28-30H,10-12,15-18,22H2,1-8H3/b26-21+/t23-,24+,28-,29-,30+,33-,34-,35-,36-,37-/m1/s1. The molecule has 0 bridgehead atoms. The van der Waals surface area contributed by atoms with Crippen molar-refractivity contribution in [2.45, 2.75) is 99.8 Å². The van der Waals surface area contributed by atoms with E-state index in [9.17, 15) is 9.59 Å². The Kier molecular flexibility index (Phi) is 6.61. The number of esters is 1. The molecular weight excluding hydrogens is 506 g/mol. The van der Waals surface area contributed by atoms with Gasteiger partial charge in [0, 0.05) is 12.4 Å². The molecule has 6 rings (SSSR count). The van der Waals surface area contributed by atoms with Gasteiger partial charge in [-0.05, 0) is 139 Å². The quantitative estimate of drug-likeness (QED) is 0.158. The molecule has 5 aliphatic rings. The molecule has 41 heavy (non-hydrogen) atoms. The van der Waals surface area contributed by atoms with Gasteiger partial charge in [-0.1, -0.05) is 53.2 Å². The van der Waals surface area contributed by atoms with Crippen LogP contribution in [0.4, 0.5) is 0 Å². The lowest BCUT2D eigenvalue weighted by Crippen LogP contribution is -2.66.